The molecule has 6 heteroatoms. The molecule has 0 bridgehead atoms. The predicted octanol–water partition coefficient (Wildman–Crippen LogP) is 1.03. The lowest BCUT2D eigenvalue weighted by Gasteiger charge is -2.27. The lowest BCUT2D eigenvalue weighted by atomic mass is 10.1. The van der Waals surface area contributed by atoms with Gasteiger partial charge < -0.3 is 9.47 Å². The van der Waals surface area contributed by atoms with Crippen LogP contribution < -0.4 is 0 Å². The number of carbonyl (C=O) groups excluding carboxylic acids is 1. The van der Waals surface area contributed by atoms with Gasteiger partial charge in [0.2, 0.25) is 5.91 Å². The van der Waals surface area contributed by atoms with Gasteiger partial charge in [-0.3, -0.25) is 9.69 Å². The van der Waals surface area contributed by atoms with Gasteiger partial charge in [-0.2, -0.15) is 5.26 Å². The van der Waals surface area contributed by atoms with E-state index in [-0.39, 0.29) is 5.91 Å². The number of imidazole rings is 1. The summed E-state index contributed by atoms with van der Waals surface area (Å²) in [6.45, 7) is 2.57. The van der Waals surface area contributed by atoms with Crippen molar-refractivity contribution in [2.24, 2.45) is 7.05 Å². The fourth-order valence-corrected chi connectivity index (χ4v) is 3.10. The zero-order valence-electron chi connectivity index (χ0n) is 13.4. The van der Waals surface area contributed by atoms with Crippen molar-refractivity contribution < 1.29 is 4.79 Å². The molecule has 1 fully saturated rings. The molecule has 0 N–H and O–H groups in total. The van der Waals surface area contributed by atoms with Crippen LogP contribution in [-0.2, 0) is 24.8 Å². The molecule has 0 atom stereocenters. The number of nitriles is 1. The number of hydrogen-bond acceptors (Lipinski definition) is 4. The first-order valence-corrected chi connectivity index (χ1v) is 7.97. The fraction of sp³-hybridized carbons (Fsp3) is 0.688. The first-order valence-electron chi connectivity index (χ1n) is 7.97. The molecular weight excluding hydrogens is 278 g/mol. The highest BCUT2D eigenvalue weighted by molar-refractivity contribution is 5.78. The molecule has 118 valence electrons. The molecule has 0 saturated heterocycles. The normalized spacial score (nSPS) is 17.9. The minimum absolute atomic E-state index is 0.0806. The van der Waals surface area contributed by atoms with Crippen LogP contribution in [0.25, 0.3) is 0 Å². The summed E-state index contributed by atoms with van der Waals surface area (Å²) in [5, 5.41) is 8.60. The van der Waals surface area contributed by atoms with E-state index in [1.807, 2.05) is 0 Å². The van der Waals surface area contributed by atoms with Crippen molar-refractivity contribution in [1.82, 2.24) is 19.4 Å². The van der Waals surface area contributed by atoms with Crippen molar-refractivity contribution in [1.29, 1.82) is 5.26 Å². The van der Waals surface area contributed by atoms with Gasteiger partial charge in [-0.1, -0.05) is 0 Å². The number of likely N-dealkylation sites (N-methyl/N-ethyl adjacent to an activating group) is 1. The third-order valence-electron chi connectivity index (χ3n) is 4.66. The smallest absolute Gasteiger partial charge is 0.236 e. The average molecular weight is 301 g/mol. The summed E-state index contributed by atoms with van der Waals surface area (Å²) in [6.07, 6.45) is 3.86. The van der Waals surface area contributed by atoms with E-state index in [4.69, 9.17) is 10.2 Å². The first-order chi connectivity index (χ1) is 10.6. The Bertz CT molecular complexity index is 611. The van der Waals surface area contributed by atoms with Crippen LogP contribution in [0.2, 0.25) is 0 Å². The van der Waals surface area contributed by atoms with Crippen LogP contribution >= 0.6 is 0 Å². The predicted molar refractivity (Wildman–Crippen MR) is 82.0 cm³/mol. The quantitative estimate of drug-likeness (QED) is 0.815. The Morgan fingerprint density at radius 1 is 1.50 bits per heavy atom. The largest absolute Gasteiger partial charge is 0.344 e. The number of fused-ring (bicyclic) bond motifs is 1. The standard InChI is InChI=1S/C16H23N5O/c1-19(8-3-7-17)15(22)11-21-9-6-14-13(10-21)18-16(20(14)2)12-4-5-12/h12H,3-6,8-11H2,1-2H3. The maximum atomic E-state index is 12.2. The lowest BCUT2D eigenvalue weighted by molar-refractivity contribution is -0.131. The Labute approximate surface area is 131 Å². The van der Waals surface area contributed by atoms with Gasteiger partial charge in [0.05, 0.1) is 24.7 Å². The van der Waals surface area contributed by atoms with Crippen LogP contribution in [0.15, 0.2) is 0 Å². The average Bonchev–Trinajstić information content (AvgIpc) is 3.30. The van der Waals surface area contributed by atoms with E-state index in [1.165, 1.54) is 24.4 Å². The van der Waals surface area contributed by atoms with E-state index in [0.29, 0.717) is 25.4 Å². The molecule has 1 amide bonds. The zero-order chi connectivity index (χ0) is 15.7. The molecule has 6 nitrogen and oxygen atoms in total. The molecule has 2 aliphatic rings. The number of rotatable bonds is 5. The molecule has 0 spiro atoms. The number of carbonyl (C=O) groups is 1. The van der Waals surface area contributed by atoms with Gasteiger partial charge in [-0.05, 0) is 12.8 Å². The lowest BCUT2D eigenvalue weighted by Crippen LogP contribution is -2.41. The van der Waals surface area contributed by atoms with Crippen LogP contribution in [0.5, 0.6) is 0 Å². The number of aromatic nitrogens is 2. The van der Waals surface area contributed by atoms with Gasteiger partial charge in [-0.25, -0.2) is 4.98 Å². The van der Waals surface area contributed by atoms with Gasteiger partial charge in [0, 0.05) is 51.8 Å². The van der Waals surface area contributed by atoms with Crippen molar-refractivity contribution in [2.45, 2.75) is 38.1 Å². The van der Waals surface area contributed by atoms with Gasteiger partial charge in [0.25, 0.3) is 0 Å². The highest BCUT2D eigenvalue weighted by atomic mass is 16.2. The maximum Gasteiger partial charge on any atom is 0.236 e. The van der Waals surface area contributed by atoms with E-state index >= 15 is 0 Å². The van der Waals surface area contributed by atoms with E-state index in [1.54, 1.807) is 11.9 Å². The van der Waals surface area contributed by atoms with E-state index < -0.39 is 0 Å². The second-order valence-corrected chi connectivity index (χ2v) is 6.38. The molecule has 1 aromatic rings. The summed E-state index contributed by atoms with van der Waals surface area (Å²) in [4.78, 5) is 20.8. The van der Waals surface area contributed by atoms with Gasteiger partial charge >= 0.3 is 0 Å². The molecule has 3 rings (SSSR count). The third kappa shape index (κ3) is 3.00. The van der Waals surface area contributed by atoms with Gasteiger partial charge in [-0.15, -0.1) is 0 Å². The van der Waals surface area contributed by atoms with Crippen molar-refractivity contribution >= 4 is 5.91 Å². The topological polar surface area (TPSA) is 65.2 Å². The summed E-state index contributed by atoms with van der Waals surface area (Å²) in [5.74, 6) is 1.96. The van der Waals surface area contributed by atoms with E-state index in [2.05, 4.69) is 22.6 Å². The highest BCUT2D eigenvalue weighted by Gasteiger charge is 2.32. The Morgan fingerprint density at radius 3 is 2.95 bits per heavy atom. The van der Waals surface area contributed by atoms with Crippen molar-refractivity contribution in [3.05, 3.63) is 17.2 Å². The number of nitrogens with zero attached hydrogens (tertiary/aromatic N) is 5. The van der Waals surface area contributed by atoms with E-state index in [9.17, 15) is 4.79 Å². The zero-order valence-corrected chi connectivity index (χ0v) is 13.4. The van der Waals surface area contributed by atoms with Crippen molar-refractivity contribution in [3.63, 3.8) is 0 Å². The third-order valence-corrected chi connectivity index (χ3v) is 4.66. The summed E-state index contributed by atoms with van der Waals surface area (Å²) in [6, 6.07) is 2.08. The molecule has 0 unspecified atom stereocenters. The molecule has 0 radical (unpaired) electrons. The molecule has 22 heavy (non-hydrogen) atoms. The minimum atomic E-state index is 0.0806. The minimum Gasteiger partial charge on any atom is -0.344 e. The Morgan fingerprint density at radius 2 is 2.27 bits per heavy atom. The molecular formula is C16H23N5O. The van der Waals surface area contributed by atoms with E-state index in [0.717, 1.165) is 25.2 Å². The van der Waals surface area contributed by atoms with Crippen molar-refractivity contribution in [2.75, 3.05) is 26.7 Å². The maximum absolute atomic E-state index is 12.2. The van der Waals surface area contributed by atoms with Crippen LogP contribution in [0.1, 0.15) is 42.4 Å². The van der Waals surface area contributed by atoms with Gasteiger partial charge in [0.15, 0.2) is 0 Å². The second-order valence-electron chi connectivity index (χ2n) is 6.38. The monoisotopic (exact) mass is 301 g/mol. The Hall–Kier alpha value is -1.87. The number of amides is 1. The number of hydrogen-bond donors (Lipinski definition) is 0. The van der Waals surface area contributed by atoms with Crippen LogP contribution in [0.4, 0.5) is 0 Å². The molecule has 1 aliphatic heterocycles. The molecule has 1 aliphatic carbocycles. The second kappa shape index (κ2) is 6.09. The fourth-order valence-electron chi connectivity index (χ4n) is 3.10. The summed E-state index contributed by atoms with van der Waals surface area (Å²) >= 11 is 0. The summed E-state index contributed by atoms with van der Waals surface area (Å²) in [7, 11) is 3.89. The van der Waals surface area contributed by atoms with Crippen LogP contribution in [0.3, 0.4) is 0 Å². The summed E-state index contributed by atoms with van der Waals surface area (Å²) < 4.78 is 2.27. The Kier molecular flexibility index (Phi) is 4.16. The van der Waals surface area contributed by atoms with Crippen LogP contribution in [-0.4, -0.2) is 51.9 Å². The van der Waals surface area contributed by atoms with Gasteiger partial charge in [0.1, 0.15) is 5.82 Å². The Balaban J connectivity index is 1.61. The molecule has 0 aromatic carbocycles. The first kappa shape index (κ1) is 15.0. The van der Waals surface area contributed by atoms with Crippen LogP contribution in [0, 0.1) is 11.3 Å². The summed E-state index contributed by atoms with van der Waals surface area (Å²) in [5.41, 5.74) is 2.48. The molecule has 1 saturated carbocycles. The highest BCUT2D eigenvalue weighted by Crippen LogP contribution is 2.40. The SMILES string of the molecule is CN(CCC#N)C(=O)CN1CCc2c(nc(C3CC3)n2C)C1. The molecule has 1 aromatic heterocycles. The van der Waals surface area contributed by atoms with Crippen molar-refractivity contribution in [3.8, 4) is 6.07 Å². The molecule has 2 heterocycles.